The SMILES string of the molecule is O=C(NCc1ccccc1Cl)c1cccc(Oc2ccnc3ccccc23)c1. The summed E-state index contributed by atoms with van der Waals surface area (Å²) in [4.78, 5) is 16.9. The number of para-hydroxylation sites is 1. The van der Waals surface area contributed by atoms with Crippen molar-refractivity contribution in [3.05, 3.63) is 101 Å². The molecule has 0 fully saturated rings. The highest BCUT2D eigenvalue weighted by atomic mass is 35.5. The maximum absolute atomic E-state index is 12.5. The van der Waals surface area contributed by atoms with Gasteiger partial charge >= 0.3 is 0 Å². The number of carbonyl (C=O) groups excluding carboxylic acids is 1. The Kier molecular flexibility index (Phi) is 5.22. The molecule has 0 atom stereocenters. The van der Waals surface area contributed by atoms with E-state index < -0.39 is 0 Å². The number of carbonyl (C=O) groups is 1. The third-order valence-corrected chi connectivity index (χ3v) is 4.70. The van der Waals surface area contributed by atoms with Crippen molar-refractivity contribution in [2.75, 3.05) is 0 Å². The number of hydrogen-bond acceptors (Lipinski definition) is 3. The second-order valence-corrected chi connectivity index (χ2v) is 6.64. The first kappa shape index (κ1) is 18.0. The molecule has 0 saturated carbocycles. The molecule has 0 aliphatic rings. The van der Waals surface area contributed by atoms with Crippen LogP contribution in [0.5, 0.6) is 11.5 Å². The van der Waals surface area contributed by atoms with Crippen molar-refractivity contribution < 1.29 is 9.53 Å². The van der Waals surface area contributed by atoms with E-state index >= 15 is 0 Å². The summed E-state index contributed by atoms with van der Waals surface area (Å²) in [7, 11) is 0. The van der Waals surface area contributed by atoms with Gasteiger partial charge < -0.3 is 10.1 Å². The average Bonchev–Trinajstić information content (AvgIpc) is 2.73. The molecule has 4 rings (SSSR count). The zero-order valence-corrected chi connectivity index (χ0v) is 15.7. The first-order chi connectivity index (χ1) is 13.7. The highest BCUT2D eigenvalue weighted by Crippen LogP contribution is 2.29. The summed E-state index contributed by atoms with van der Waals surface area (Å²) >= 11 is 6.14. The topological polar surface area (TPSA) is 51.2 Å². The molecule has 0 aliphatic carbocycles. The molecule has 0 aliphatic heterocycles. The molecule has 3 aromatic carbocycles. The molecular formula is C23H17ClN2O2. The normalized spacial score (nSPS) is 10.6. The summed E-state index contributed by atoms with van der Waals surface area (Å²) in [5.41, 5.74) is 2.24. The molecule has 0 saturated heterocycles. The second kappa shape index (κ2) is 8.11. The Bertz CT molecular complexity index is 1140. The molecule has 0 spiro atoms. The van der Waals surface area contributed by atoms with Crippen LogP contribution in [0, 0.1) is 0 Å². The Balaban J connectivity index is 1.51. The minimum atomic E-state index is -0.190. The third kappa shape index (κ3) is 3.97. The van der Waals surface area contributed by atoms with E-state index in [2.05, 4.69) is 10.3 Å². The van der Waals surface area contributed by atoms with Crippen molar-refractivity contribution >= 4 is 28.4 Å². The fraction of sp³-hybridized carbons (Fsp3) is 0.0435. The number of ether oxygens (including phenoxy) is 1. The summed E-state index contributed by atoms with van der Waals surface area (Å²) in [6.07, 6.45) is 1.71. The van der Waals surface area contributed by atoms with Crippen molar-refractivity contribution in [2.45, 2.75) is 6.54 Å². The fourth-order valence-corrected chi connectivity index (χ4v) is 3.11. The van der Waals surface area contributed by atoms with Crippen LogP contribution in [-0.4, -0.2) is 10.9 Å². The number of pyridine rings is 1. The minimum Gasteiger partial charge on any atom is -0.457 e. The number of amides is 1. The van der Waals surface area contributed by atoms with Crippen molar-refractivity contribution in [1.82, 2.24) is 10.3 Å². The van der Waals surface area contributed by atoms with Crippen molar-refractivity contribution in [1.29, 1.82) is 0 Å². The summed E-state index contributed by atoms with van der Waals surface area (Å²) in [5.74, 6) is 1.09. The minimum absolute atomic E-state index is 0.190. The van der Waals surface area contributed by atoms with Crippen LogP contribution in [0.15, 0.2) is 85.1 Å². The Hall–Kier alpha value is -3.37. The van der Waals surface area contributed by atoms with Crippen molar-refractivity contribution in [3.63, 3.8) is 0 Å². The van der Waals surface area contributed by atoms with Crippen LogP contribution in [0.25, 0.3) is 10.9 Å². The fourth-order valence-electron chi connectivity index (χ4n) is 2.91. The predicted molar refractivity (Wildman–Crippen MR) is 111 cm³/mol. The molecule has 1 N–H and O–H groups in total. The molecule has 0 unspecified atom stereocenters. The Labute approximate surface area is 167 Å². The lowest BCUT2D eigenvalue weighted by Crippen LogP contribution is -2.22. The number of rotatable bonds is 5. The number of aromatic nitrogens is 1. The number of benzene rings is 3. The van der Waals surface area contributed by atoms with Crippen LogP contribution in [0.4, 0.5) is 0 Å². The van der Waals surface area contributed by atoms with Crippen molar-refractivity contribution in [2.24, 2.45) is 0 Å². The zero-order chi connectivity index (χ0) is 19.3. The van der Waals surface area contributed by atoms with Crippen LogP contribution in [-0.2, 0) is 6.54 Å². The van der Waals surface area contributed by atoms with Gasteiger partial charge in [-0.05, 0) is 48.0 Å². The molecule has 4 nitrogen and oxygen atoms in total. The summed E-state index contributed by atoms with van der Waals surface area (Å²) in [6.45, 7) is 0.360. The van der Waals surface area contributed by atoms with E-state index in [1.807, 2.05) is 54.6 Å². The molecule has 28 heavy (non-hydrogen) atoms. The highest BCUT2D eigenvalue weighted by molar-refractivity contribution is 6.31. The molecule has 5 heteroatoms. The lowest BCUT2D eigenvalue weighted by atomic mass is 10.1. The van der Waals surface area contributed by atoms with Crippen LogP contribution in [0.2, 0.25) is 5.02 Å². The standard InChI is InChI=1S/C23H17ClN2O2/c24-20-10-3-1-6-17(20)15-26-23(27)16-7-5-8-18(14-16)28-22-12-13-25-21-11-4-2-9-19(21)22/h1-14H,15H2,(H,26,27). The third-order valence-electron chi connectivity index (χ3n) is 4.33. The maximum Gasteiger partial charge on any atom is 0.251 e. The van der Waals surface area contributed by atoms with E-state index in [1.165, 1.54) is 0 Å². The van der Waals surface area contributed by atoms with E-state index in [-0.39, 0.29) is 5.91 Å². The van der Waals surface area contributed by atoms with Gasteiger partial charge in [0.25, 0.3) is 5.91 Å². The van der Waals surface area contributed by atoms with Gasteiger partial charge in [0.15, 0.2) is 0 Å². The van der Waals surface area contributed by atoms with Crippen LogP contribution < -0.4 is 10.1 Å². The van der Waals surface area contributed by atoms with Gasteiger partial charge in [0.1, 0.15) is 11.5 Å². The van der Waals surface area contributed by atoms with Gasteiger partial charge in [-0.15, -0.1) is 0 Å². The van der Waals surface area contributed by atoms with E-state index in [0.29, 0.717) is 28.6 Å². The Morgan fingerprint density at radius 1 is 0.964 bits per heavy atom. The van der Waals surface area contributed by atoms with E-state index in [4.69, 9.17) is 16.3 Å². The number of hydrogen-bond donors (Lipinski definition) is 1. The van der Waals surface area contributed by atoms with E-state index in [1.54, 1.807) is 30.5 Å². The van der Waals surface area contributed by atoms with Gasteiger partial charge in [-0.3, -0.25) is 9.78 Å². The highest BCUT2D eigenvalue weighted by Gasteiger charge is 2.09. The van der Waals surface area contributed by atoms with Gasteiger partial charge in [-0.1, -0.05) is 48.0 Å². The van der Waals surface area contributed by atoms with E-state index in [0.717, 1.165) is 16.5 Å². The lowest BCUT2D eigenvalue weighted by molar-refractivity contribution is 0.0950. The average molecular weight is 389 g/mol. The van der Waals surface area contributed by atoms with Gasteiger partial charge in [0, 0.05) is 28.7 Å². The quantitative estimate of drug-likeness (QED) is 0.483. The smallest absolute Gasteiger partial charge is 0.251 e. The lowest BCUT2D eigenvalue weighted by Gasteiger charge is -2.10. The van der Waals surface area contributed by atoms with E-state index in [9.17, 15) is 4.79 Å². The van der Waals surface area contributed by atoms with Crippen LogP contribution >= 0.6 is 11.6 Å². The van der Waals surface area contributed by atoms with Gasteiger partial charge in [-0.25, -0.2) is 0 Å². The molecule has 1 heterocycles. The second-order valence-electron chi connectivity index (χ2n) is 6.23. The number of nitrogens with zero attached hydrogens (tertiary/aromatic N) is 1. The molecule has 4 aromatic rings. The Morgan fingerprint density at radius 3 is 2.68 bits per heavy atom. The molecule has 0 bridgehead atoms. The molecule has 1 amide bonds. The molecule has 138 valence electrons. The largest absolute Gasteiger partial charge is 0.457 e. The molecule has 0 radical (unpaired) electrons. The number of nitrogens with one attached hydrogen (secondary N) is 1. The molecule has 1 aromatic heterocycles. The summed E-state index contributed by atoms with van der Waals surface area (Å²) in [5, 5.41) is 4.43. The summed E-state index contributed by atoms with van der Waals surface area (Å²) in [6, 6.07) is 24.1. The van der Waals surface area contributed by atoms with Gasteiger partial charge in [0.2, 0.25) is 0 Å². The first-order valence-corrected chi connectivity index (χ1v) is 9.22. The monoisotopic (exact) mass is 388 g/mol. The number of halogens is 1. The first-order valence-electron chi connectivity index (χ1n) is 8.84. The van der Waals surface area contributed by atoms with Gasteiger partial charge in [-0.2, -0.15) is 0 Å². The number of fused-ring (bicyclic) bond motifs is 1. The maximum atomic E-state index is 12.5. The summed E-state index contributed by atoms with van der Waals surface area (Å²) < 4.78 is 6.02. The van der Waals surface area contributed by atoms with Crippen LogP contribution in [0.1, 0.15) is 15.9 Å². The van der Waals surface area contributed by atoms with Crippen molar-refractivity contribution in [3.8, 4) is 11.5 Å². The predicted octanol–water partition coefficient (Wildman–Crippen LogP) is 5.61. The zero-order valence-electron chi connectivity index (χ0n) is 14.9. The van der Waals surface area contributed by atoms with Gasteiger partial charge in [0.05, 0.1) is 5.52 Å². The van der Waals surface area contributed by atoms with Crippen LogP contribution in [0.3, 0.4) is 0 Å². The molecular weight excluding hydrogens is 372 g/mol. The Morgan fingerprint density at radius 2 is 1.79 bits per heavy atom.